The summed E-state index contributed by atoms with van der Waals surface area (Å²) in [6, 6.07) is 0. The second kappa shape index (κ2) is 6.27. The first-order valence-corrected chi connectivity index (χ1v) is 5.49. The molecule has 16 heavy (non-hydrogen) atoms. The molecule has 0 aliphatic heterocycles. The van der Waals surface area contributed by atoms with Crippen molar-refractivity contribution in [2.75, 3.05) is 6.54 Å². The Hall–Kier alpha value is -1.36. The number of nitrogens with zero attached hydrogens (tertiary/aromatic N) is 1. The Bertz CT molecular complexity index is 334. The van der Waals surface area contributed by atoms with E-state index >= 15 is 0 Å². The van der Waals surface area contributed by atoms with Crippen LogP contribution in [0.4, 0.5) is 0 Å². The van der Waals surface area contributed by atoms with Gasteiger partial charge in [-0.2, -0.15) is 0 Å². The molecule has 0 spiro atoms. The van der Waals surface area contributed by atoms with Crippen LogP contribution in [-0.2, 0) is 11.3 Å². The van der Waals surface area contributed by atoms with Gasteiger partial charge in [0.15, 0.2) is 5.69 Å². The fourth-order valence-corrected chi connectivity index (χ4v) is 1.13. The van der Waals surface area contributed by atoms with Crippen LogP contribution < -0.4 is 5.32 Å². The largest absolute Gasteiger partial charge is 0.458 e. The number of rotatable bonds is 6. The molecule has 1 N–H and O–H groups in total. The zero-order valence-electron chi connectivity index (χ0n) is 9.95. The average molecular weight is 226 g/mol. The first-order valence-electron chi connectivity index (χ1n) is 5.49. The summed E-state index contributed by atoms with van der Waals surface area (Å²) in [5, 5.41) is 3.14. The predicted octanol–water partition coefficient (Wildman–Crippen LogP) is 1.74. The van der Waals surface area contributed by atoms with Crippen molar-refractivity contribution < 1.29 is 13.9 Å². The molecule has 1 aromatic rings. The number of ether oxygens (including phenoxy) is 1. The molecular formula is C11H18N2O3. The summed E-state index contributed by atoms with van der Waals surface area (Å²) in [5.41, 5.74) is 0.224. The second-order valence-electron chi connectivity index (χ2n) is 3.76. The molecule has 0 radical (unpaired) electrons. The molecule has 0 fully saturated rings. The molecule has 5 nitrogen and oxygen atoms in total. The lowest BCUT2D eigenvalue weighted by Crippen LogP contribution is -2.15. The minimum Gasteiger partial charge on any atom is -0.458 e. The highest BCUT2D eigenvalue weighted by Crippen LogP contribution is 2.05. The second-order valence-corrected chi connectivity index (χ2v) is 3.76. The fraction of sp³-hybridized carbons (Fsp3) is 0.636. The quantitative estimate of drug-likeness (QED) is 0.591. The molecule has 0 bridgehead atoms. The Morgan fingerprint density at radius 2 is 2.38 bits per heavy atom. The van der Waals surface area contributed by atoms with Gasteiger partial charge in [-0.05, 0) is 26.8 Å². The molecule has 1 heterocycles. The van der Waals surface area contributed by atoms with Crippen LogP contribution in [0.15, 0.2) is 10.7 Å². The van der Waals surface area contributed by atoms with Crippen molar-refractivity contribution >= 4 is 5.97 Å². The van der Waals surface area contributed by atoms with Gasteiger partial charge in [-0.3, -0.25) is 0 Å². The van der Waals surface area contributed by atoms with E-state index < -0.39 is 5.97 Å². The molecular weight excluding hydrogens is 208 g/mol. The molecule has 0 atom stereocenters. The lowest BCUT2D eigenvalue weighted by molar-refractivity contribution is 0.0371. The maximum absolute atomic E-state index is 11.4. The number of carbonyl (C=O) groups is 1. The van der Waals surface area contributed by atoms with Gasteiger partial charge in [-0.25, -0.2) is 9.78 Å². The third-order valence-corrected chi connectivity index (χ3v) is 1.81. The standard InChI is InChI=1S/C11H18N2O3/c1-4-5-12-6-10-13-9(7-15-10)11(14)16-8(2)3/h7-8,12H,4-6H2,1-3H3. The smallest absolute Gasteiger partial charge is 0.360 e. The molecule has 0 aliphatic rings. The Balaban J connectivity index is 2.47. The van der Waals surface area contributed by atoms with Gasteiger partial charge in [-0.15, -0.1) is 0 Å². The summed E-state index contributed by atoms with van der Waals surface area (Å²) in [4.78, 5) is 15.5. The Morgan fingerprint density at radius 1 is 1.62 bits per heavy atom. The molecule has 5 heteroatoms. The number of nitrogens with one attached hydrogen (secondary N) is 1. The first-order chi connectivity index (χ1) is 7.63. The molecule has 0 unspecified atom stereocenters. The summed E-state index contributed by atoms with van der Waals surface area (Å²) in [6.07, 6.45) is 2.22. The van der Waals surface area contributed by atoms with Crippen LogP contribution in [0.25, 0.3) is 0 Å². The molecule has 0 aliphatic carbocycles. The van der Waals surface area contributed by atoms with Crippen LogP contribution in [0.1, 0.15) is 43.6 Å². The van der Waals surface area contributed by atoms with Crippen LogP contribution in [0, 0.1) is 0 Å². The van der Waals surface area contributed by atoms with Crippen LogP contribution in [0.3, 0.4) is 0 Å². The van der Waals surface area contributed by atoms with Gasteiger partial charge in [0.2, 0.25) is 5.89 Å². The van der Waals surface area contributed by atoms with E-state index in [0.29, 0.717) is 12.4 Å². The van der Waals surface area contributed by atoms with Crippen LogP contribution in [-0.4, -0.2) is 23.6 Å². The summed E-state index contributed by atoms with van der Waals surface area (Å²) >= 11 is 0. The van der Waals surface area contributed by atoms with Crippen LogP contribution in [0.2, 0.25) is 0 Å². The molecule has 0 saturated carbocycles. The minimum atomic E-state index is -0.444. The Morgan fingerprint density at radius 3 is 3.00 bits per heavy atom. The van der Waals surface area contributed by atoms with E-state index in [0.717, 1.165) is 13.0 Å². The molecule has 0 saturated heterocycles. The van der Waals surface area contributed by atoms with Gasteiger partial charge >= 0.3 is 5.97 Å². The number of hydrogen-bond donors (Lipinski definition) is 1. The van der Waals surface area contributed by atoms with Crippen LogP contribution >= 0.6 is 0 Å². The predicted molar refractivity (Wildman–Crippen MR) is 59.1 cm³/mol. The van der Waals surface area contributed by atoms with E-state index in [2.05, 4.69) is 17.2 Å². The van der Waals surface area contributed by atoms with Crippen molar-refractivity contribution in [2.45, 2.75) is 39.8 Å². The lowest BCUT2D eigenvalue weighted by atomic mass is 10.4. The maximum Gasteiger partial charge on any atom is 0.360 e. The van der Waals surface area contributed by atoms with E-state index in [-0.39, 0.29) is 11.8 Å². The van der Waals surface area contributed by atoms with Gasteiger partial charge in [0, 0.05) is 0 Å². The Kier molecular flexibility index (Phi) is 4.98. The monoisotopic (exact) mass is 226 g/mol. The van der Waals surface area contributed by atoms with Crippen LogP contribution in [0.5, 0.6) is 0 Å². The topological polar surface area (TPSA) is 64.4 Å². The summed E-state index contributed by atoms with van der Waals surface area (Å²) in [7, 11) is 0. The molecule has 0 amide bonds. The number of hydrogen-bond acceptors (Lipinski definition) is 5. The van der Waals surface area contributed by atoms with E-state index in [1.54, 1.807) is 13.8 Å². The van der Waals surface area contributed by atoms with Crippen molar-refractivity contribution in [3.05, 3.63) is 17.8 Å². The third-order valence-electron chi connectivity index (χ3n) is 1.81. The zero-order chi connectivity index (χ0) is 12.0. The van der Waals surface area contributed by atoms with Gasteiger partial charge < -0.3 is 14.5 Å². The van der Waals surface area contributed by atoms with Gasteiger partial charge in [-0.1, -0.05) is 6.92 Å². The van der Waals surface area contributed by atoms with E-state index in [1.165, 1.54) is 6.26 Å². The summed E-state index contributed by atoms with van der Waals surface area (Å²) in [5.74, 6) is 0.0599. The third kappa shape index (κ3) is 4.02. The van der Waals surface area contributed by atoms with E-state index in [9.17, 15) is 4.79 Å². The molecule has 1 aromatic heterocycles. The zero-order valence-corrected chi connectivity index (χ0v) is 9.95. The Labute approximate surface area is 95.2 Å². The fourth-order valence-electron chi connectivity index (χ4n) is 1.13. The van der Waals surface area contributed by atoms with Gasteiger partial charge in [0.1, 0.15) is 6.26 Å². The number of oxazole rings is 1. The van der Waals surface area contributed by atoms with Crippen molar-refractivity contribution in [2.24, 2.45) is 0 Å². The molecule has 90 valence electrons. The summed E-state index contributed by atoms with van der Waals surface area (Å²) in [6.45, 7) is 7.09. The maximum atomic E-state index is 11.4. The number of carbonyl (C=O) groups excluding carboxylic acids is 1. The summed E-state index contributed by atoms with van der Waals surface area (Å²) < 4.78 is 10.1. The highest BCUT2D eigenvalue weighted by Gasteiger charge is 2.14. The van der Waals surface area contributed by atoms with Crippen molar-refractivity contribution in [1.82, 2.24) is 10.3 Å². The SMILES string of the molecule is CCCNCc1nc(C(=O)OC(C)C)co1. The van der Waals surface area contributed by atoms with Gasteiger partial charge in [0.25, 0.3) is 0 Å². The lowest BCUT2D eigenvalue weighted by Gasteiger charge is -2.04. The van der Waals surface area contributed by atoms with Crippen molar-refractivity contribution in [3.8, 4) is 0 Å². The average Bonchev–Trinajstić information content (AvgIpc) is 2.66. The van der Waals surface area contributed by atoms with E-state index in [4.69, 9.17) is 9.15 Å². The highest BCUT2D eigenvalue weighted by molar-refractivity contribution is 5.86. The van der Waals surface area contributed by atoms with E-state index in [1.807, 2.05) is 0 Å². The first kappa shape index (κ1) is 12.7. The number of esters is 1. The number of aromatic nitrogens is 1. The molecule has 0 aromatic carbocycles. The van der Waals surface area contributed by atoms with Gasteiger partial charge in [0.05, 0.1) is 12.6 Å². The van der Waals surface area contributed by atoms with Crippen molar-refractivity contribution in [3.63, 3.8) is 0 Å². The normalized spacial score (nSPS) is 10.8. The highest BCUT2D eigenvalue weighted by atomic mass is 16.5. The van der Waals surface area contributed by atoms with Crippen molar-refractivity contribution in [1.29, 1.82) is 0 Å². The molecule has 1 rings (SSSR count). The minimum absolute atomic E-state index is 0.147.